The van der Waals surface area contributed by atoms with Crippen LogP contribution in [-0.4, -0.2) is 50.3 Å². The van der Waals surface area contributed by atoms with Crippen LogP contribution in [0.2, 0.25) is 0 Å². The van der Waals surface area contributed by atoms with E-state index in [0.717, 1.165) is 58.1 Å². The summed E-state index contributed by atoms with van der Waals surface area (Å²) in [5, 5.41) is 10.8. The number of thioether (sulfide) groups is 1. The first kappa shape index (κ1) is 17.8. The van der Waals surface area contributed by atoms with E-state index in [1.54, 1.807) is 13.4 Å². The van der Waals surface area contributed by atoms with Crippen LogP contribution in [0.25, 0.3) is 10.9 Å². The standard InChI is InChI=1S/C19H20N4O3S/c1-26-14-2-3-15-12(7-14)6-13(19(22-15)27-10-18(24)25)8-23-5-4-16-17(9-23)21-11-20-16/h2-3,6-7,11H,4-5,8-10H2,1H3,(H,20,21)(H,24,25). The van der Waals surface area contributed by atoms with E-state index >= 15 is 0 Å². The smallest absolute Gasteiger partial charge is 0.313 e. The van der Waals surface area contributed by atoms with Crippen molar-refractivity contribution in [2.45, 2.75) is 24.5 Å². The van der Waals surface area contributed by atoms with Gasteiger partial charge in [-0.05, 0) is 29.8 Å². The van der Waals surface area contributed by atoms with Crippen molar-refractivity contribution in [3.8, 4) is 5.75 Å². The Hall–Kier alpha value is -2.58. The molecule has 0 saturated carbocycles. The number of nitrogens with zero attached hydrogens (tertiary/aromatic N) is 3. The molecule has 3 aromatic rings. The number of ether oxygens (including phenoxy) is 1. The summed E-state index contributed by atoms with van der Waals surface area (Å²) in [6.45, 7) is 2.42. The summed E-state index contributed by atoms with van der Waals surface area (Å²) in [4.78, 5) is 25.6. The summed E-state index contributed by atoms with van der Waals surface area (Å²) in [7, 11) is 1.64. The minimum absolute atomic E-state index is 0.00758. The minimum Gasteiger partial charge on any atom is -0.497 e. The normalized spacial score (nSPS) is 14.3. The van der Waals surface area contributed by atoms with E-state index in [-0.39, 0.29) is 5.75 Å². The van der Waals surface area contributed by atoms with Gasteiger partial charge in [-0.3, -0.25) is 9.69 Å². The van der Waals surface area contributed by atoms with Crippen LogP contribution in [0.1, 0.15) is 17.0 Å². The molecular formula is C19H20N4O3S. The Morgan fingerprint density at radius 1 is 1.41 bits per heavy atom. The molecule has 2 N–H and O–H groups in total. The number of benzene rings is 1. The Morgan fingerprint density at radius 3 is 3.11 bits per heavy atom. The summed E-state index contributed by atoms with van der Waals surface area (Å²) in [6, 6.07) is 7.82. The second-order valence-electron chi connectivity index (χ2n) is 6.48. The molecule has 0 amide bonds. The summed E-state index contributed by atoms with van der Waals surface area (Å²) < 4.78 is 5.32. The van der Waals surface area contributed by atoms with Gasteiger partial charge in [0.15, 0.2) is 0 Å². The summed E-state index contributed by atoms with van der Waals surface area (Å²) in [5.74, 6) is -0.0734. The third-order valence-electron chi connectivity index (χ3n) is 4.64. The van der Waals surface area contributed by atoms with Crippen LogP contribution in [0.15, 0.2) is 35.6 Å². The molecule has 7 nitrogen and oxygen atoms in total. The molecule has 4 rings (SSSR count). The number of hydrogen-bond acceptors (Lipinski definition) is 6. The Bertz CT molecular complexity index is 988. The number of aromatic nitrogens is 3. The zero-order valence-corrected chi connectivity index (χ0v) is 15.8. The molecule has 140 valence electrons. The number of carboxylic acids is 1. The van der Waals surface area contributed by atoms with Crippen molar-refractivity contribution in [1.29, 1.82) is 0 Å². The predicted molar refractivity (Wildman–Crippen MR) is 103 cm³/mol. The Balaban J connectivity index is 1.65. The number of hydrogen-bond donors (Lipinski definition) is 2. The number of aromatic amines is 1. The fourth-order valence-corrected chi connectivity index (χ4v) is 4.05. The molecule has 0 spiro atoms. The monoisotopic (exact) mass is 384 g/mol. The van der Waals surface area contributed by atoms with E-state index in [1.807, 2.05) is 18.2 Å². The molecule has 1 aliphatic rings. The zero-order valence-electron chi connectivity index (χ0n) is 14.9. The molecule has 0 saturated heterocycles. The lowest BCUT2D eigenvalue weighted by Gasteiger charge is -2.26. The molecule has 8 heteroatoms. The van der Waals surface area contributed by atoms with Crippen LogP contribution in [0.4, 0.5) is 0 Å². The van der Waals surface area contributed by atoms with Crippen molar-refractivity contribution in [1.82, 2.24) is 19.9 Å². The molecule has 1 aliphatic heterocycles. The molecular weight excluding hydrogens is 364 g/mol. The summed E-state index contributed by atoms with van der Waals surface area (Å²) >= 11 is 1.27. The first-order valence-corrected chi connectivity index (χ1v) is 9.66. The van der Waals surface area contributed by atoms with Crippen LogP contribution in [0.5, 0.6) is 5.75 Å². The van der Waals surface area contributed by atoms with Gasteiger partial charge >= 0.3 is 5.97 Å². The van der Waals surface area contributed by atoms with Gasteiger partial charge < -0.3 is 14.8 Å². The second-order valence-corrected chi connectivity index (χ2v) is 7.45. The first-order chi connectivity index (χ1) is 13.1. The number of fused-ring (bicyclic) bond motifs is 2. The summed E-state index contributed by atoms with van der Waals surface area (Å²) in [6.07, 6.45) is 2.65. The highest BCUT2D eigenvalue weighted by molar-refractivity contribution is 7.99. The summed E-state index contributed by atoms with van der Waals surface area (Å²) in [5.41, 5.74) is 4.15. The maximum Gasteiger partial charge on any atom is 0.313 e. The van der Waals surface area contributed by atoms with Crippen molar-refractivity contribution in [2.24, 2.45) is 0 Å². The van der Waals surface area contributed by atoms with Gasteiger partial charge in [0.2, 0.25) is 0 Å². The molecule has 0 fully saturated rings. The molecule has 1 aromatic carbocycles. The maximum absolute atomic E-state index is 11.0. The number of pyridine rings is 1. The second kappa shape index (κ2) is 7.58. The number of carboxylic acid groups (broad SMARTS) is 1. The average molecular weight is 384 g/mol. The van der Waals surface area contributed by atoms with E-state index in [4.69, 9.17) is 14.8 Å². The van der Waals surface area contributed by atoms with Crippen LogP contribution >= 0.6 is 11.8 Å². The lowest BCUT2D eigenvalue weighted by atomic mass is 10.1. The van der Waals surface area contributed by atoms with Gasteiger partial charge in [0.05, 0.1) is 36.1 Å². The van der Waals surface area contributed by atoms with E-state index in [9.17, 15) is 4.79 Å². The molecule has 0 aliphatic carbocycles. The molecule has 2 aromatic heterocycles. The number of carbonyl (C=O) groups is 1. The number of rotatable bonds is 6. The van der Waals surface area contributed by atoms with Crippen molar-refractivity contribution in [3.05, 3.63) is 47.5 Å². The third-order valence-corrected chi connectivity index (χ3v) is 5.66. The van der Waals surface area contributed by atoms with E-state index < -0.39 is 5.97 Å². The quantitative estimate of drug-likeness (QED) is 0.631. The number of H-pyrrole nitrogens is 1. The van der Waals surface area contributed by atoms with Crippen molar-refractivity contribution in [3.63, 3.8) is 0 Å². The highest BCUT2D eigenvalue weighted by Crippen LogP contribution is 2.29. The van der Waals surface area contributed by atoms with Crippen LogP contribution in [-0.2, 0) is 24.3 Å². The van der Waals surface area contributed by atoms with Gasteiger partial charge in [0, 0.05) is 31.4 Å². The largest absolute Gasteiger partial charge is 0.497 e. The highest BCUT2D eigenvalue weighted by atomic mass is 32.2. The lowest BCUT2D eigenvalue weighted by Crippen LogP contribution is -2.30. The van der Waals surface area contributed by atoms with Gasteiger partial charge in [-0.25, -0.2) is 9.97 Å². The third kappa shape index (κ3) is 3.91. The molecule has 0 unspecified atom stereocenters. The first-order valence-electron chi connectivity index (χ1n) is 8.68. The predicted octanol–water partition coefficient (Wildman–Crippen LogP) is 2.70. The molecule has 27 heavy (non-hydrogen) atoms. The fourth-order valence-electron chi connectivity index (χ4n) is 3.32. The fraction of sp³-hybridized carbons (Fsp3) is 0.316. The number of methoxy groups -OCH3 is 1. The van der Waals surface area contributed by atoms with Crippen molar-refractivity contribution < 1.29 is 14.6 Å². The van der Waals surface area contributed by atoms with Gasteiger partial charge in [0.1, 0.15) is 10.8 Å². The van der Waals surface area contributed by atoms with Gasteiger partial charge in [0.25, 0.3) is 0 Å². The molecule has 0 bridgehead atoms. The molecule has 0 atom stereocenters. The number of aliphatic carboxylic acids is 1. The SMILES string of the molecule is COc1ccc2nc(SCC(=O)O)c(CN3CCc4nc[nH]c4C3)cc2c1. The van der Waals surface area contributed by atoms with Crippen molar-refractivity contribution >= 4 is 28.6 Å². The number of nitrogens with one attached hydrogen (secondary N) is 1. The molecule has 0 radical (unpaired) electrons. The topological polar surface area (TPSA) is 91.3 Å². The Morgan fingerprint density at radius 2 is 2.30 bits per heavy atom. The zero-order chi connectivity index (χ0) is 18.8. The van der Waals surface area contributed by atoms with E-state index in [0.29, 0.717) is 6.54 Å². The Labute approximate surface area is 160 Å². The number of imidazole rings is 1. The van der Waals surface area contributed by atoms with E-state index in [2.05, 4.69) is 20.9 Å². The van der Waals surface area contributed by atoms with Crippen LogP contribution in [0.3, 0.4) is 0 Å². The van der Waals surface area contributed by atoms with Gasteiger partial charge in [-0.1, -0.05) is 11.8 Å². The van der Waals surface area contributed by atoms with Crippen LogP contribution in [0, 0.1) is 0 Å². The Kier molecular flexibility index (Phi) is 5.00. The van der Waals surface area contributed by atoms with Gasteiger partial charge in [-0.2, -0.15) is 0 Å². The minimum atomic E-state index is -0.845. The molecule has 3 heterocycles. The lowest BCUT2D eigenvalue weighted by molar-refractivity contribution is -0.133. The average Bonchev–Trinajstić information content (AvgIpc) is 3.13. The van der Waals surface area contributed by atoms with Gasteiger partial charge in [-0.15, -0.1) is 0 Å². The van der Waals surface area contributed by atoms with Crippen molar-refractivity contribution in [2.75, 3.05) is 19.4 Å². The van der Waals surface area contributed by atoms with Crippen LogP contribution < -0.4 is 4.74 Å². The van der Waals surface area contributed by atoms with E-state index in [1.165, 1.54) is 11.8 Å². The maximum atomic E-state index is 11.0. The highest BCUT2D eigenvalue weighted by Gasteiger charge is 2.20.